The van der Waals surface area contributed by atoms with E-state index in [0.29, 0.717) is 6.67 Å². The summed E-state index contributed by atoms with van der Waals surface area (Å²) in [6.07, 6.45) is 10.1. The molecule has 0 bridgehead atoms. The Kier molecular flexibility index (Phi) is 5.81. The number of imide groups is 1. The molecule has 0 N–H and O–H groups in total. The van der Waals surface area contributed by atoms with Crippen molar-refractivity contribution in [3.8, 4) is 5.75 Å². The van der Waals surface area contributed by atoms with Crippen LogP contribution in [-0.4, -0.2) is 48.5 Å². The van der Waals surface area contributed by atoms with Crippen molar-refractivity contribution < 1.29 is 14.3 Å². The van der Waals surface area contributed by atoms with E-state index in [4.69, 9.17) is 4.74 Å². The second kappa shape index (κ2) is 8.48. The van der Waals surface area contributed by atoms with Gasteiger partial charge in [0.1, 0.15) is 5.75 Å². The Morgan fingerprint density at radius 3 is 2.14 bits per heavy atom. The molecule has 28 heavy (non-hydrogen) atoms. The van der Waals surface area contributed by atoms with E-state index in [1.165, 1.54) is 16.9 Å². The van der Waals surface area contributed by atoms with Crippen LogP contribution in [0.4, 0.5) is 0 Å². The fourth-order valence-corrected chi connectivity index (χ4v) is 4.79. The van der Waals surface area contributed by atoms with Crippen molar-refractivity contribution >= 4 is 11.8 Å². The van der Waals surface area contributed by atoms with Crippen molar-refractivity contribution in [1.29, 1.82) is 0 Å². The van der Waals surface area contributed by atoms with Crippen LogP contribution in [0.1, 0.15) is 37.7 Å². The van der Waals surface area contributed by atoms with Gasteiger partial charge >= 0.3 is 0 Å². The van der Waals surface area contributed by atoms with Crippen molar-refractivity contribution in [1.82, 2.24) is 9.80 Å². The normalized spacial score (nSPS) is 26.0. The number of hydrogen-bond acceptors (Lipinski definition) is 4. The number of fused-ring (bicyclic) bond motifs is 1. The molecule has 2 heterocycles. The molecule has 5 nitrogen and oxygen atoms in total. The summed E-state index contributed by atoms with van der Waals surface area (Å²) in [7, 11) is 1.69. The van der Waals surface area contributed by atoms with E-state index < -0.39 is 0 Å². The lowest BCUT2D eigenvalue weighted by Gasteiger charge is -2.34. The molecule has 0 spiro atoms. The van der Waals surface area contributed by atoms with E-state index in [1.807, 2.05) is 24.3 Å². The minimum atomic E-state index is -0.112. The lowest BCUT2D eigenvalue weighted by molar-refractivity contribution is -0.142. The molecule has 150 valence electrons. The van der Waals surface area contributed by atoms with Gasteiger partial charge in [-0.15, -0.1) is 0 Å². The third-order valence-corrected chi connectivity index (χ3v) is 6.65. The summed E-state index contributed by atoms with van der Waals surface area (Å²) in [5.41, 5.74) is 1.35. The fourth-order valence-electron chi connectivity index (χ4n) is 4.79. The first-order chi connectivity index (χ1) is 13.7. The van der Waals surface area contributed by atoms with Gasteiger partial charge in [0.25, 0.3) is 0 Å². The smallest absolute Gasteiger partial charge is 0.234 e. The molecule has 3 aliphatic rings. The van der Waals surface area contributed by atoms with E-state index >= 15 is 0 Å². The fraction of sp³-hybridized carbons (Fsp3) is 0.565. The first-order valence-corrected chi connectivity index (χ1v) is 10.5. The second-order valence-electron chi connectivity index (χ2n) is 8.35. The first-order valence-electron chi connectivity index (χ1n) is 10.5. The topological polar surface area (TPSA) is 49.9 Å². The second-order valence-corrected chi connectivity index (χ2v) is 8.35. The maximum atomic E-state index is 12.6. The molecular weight excluding hydrogens is 352 g/mol. The number of aryl methyl sites for hydroxylation is 1. The van der Waals surface area contributed by atoms with Crippen LogP contribution >= 0.6 is 0 Å². The van der Waals surface area contributed by atoms with Crippen LogP contribution < -0.4 is 4.74 Å². The Hall–Kier alpha value is -2.14. The van der Waals surface area contributed by atoms with Gasteiger partial charge in [0.15, 0.2) is 0 Å². The van der Waals surface area contributed by atoms with Crippen LogP contribution in [0.5, 0.6) is 5.75 Å². The summed E-state index contributed by atoms with van der Waals surface area (Å²) < 4.78 is 5.22. The van der Waals surface area contributed by atoms with Crippen LogP contribution in [0.25, 0.3) is 0 Å². The average Bonchev–Trinajstić information content (AvgIpc) is 2.99. The summed E-state index contributed by atoms with van der Waals surface area (Å²) in [5.74, 6) is 1.48. The lowest BCUT2D eigenvalue weighted by atomic mass is 9.85. The van der Waals surface area contributed by atoms with Gasteiger partial charge in [0.2, 0.25) is 11.8 Å². The lowest BCUT2D eigenvalue weighted by Crippen LogP contribution is -2.45. The highest BCUT2D eigenvalue weighted by molar-refractivity contribution is 6.05. The molecule has 2 aliphatic heterocycles. The standard InChI is InChI=1S/C23H30N2O3/c1-28-19-10-8-17(9-11-19)6-7-18-12-14-24(15-13-18)16-25-22(26)20-4-2-3-5-21(20)23(25)27/h2-3,8-11,18,20-21H,4-7,12-16H2,1H3/t20-,21-/m0/s1. The van der Waals surface area contributed by atoms with Crippen LogP contribution in [0, 0.1) is 17.8 Å². The zero-order valence-corrected chi connectivity index (χ0v) is 16.7. The van der Waals surface area contributed by atoms with Gasteiger partial charge in [-0.25, -0.2) is 0 Å². The first kappa shape index (κ1) is 19.2. The van der Waals surface area contributed by atoms with Gasteiger partial charge in [0.05, 0.1) is 25.6 Å². The van der Waals surface area contributed by atoms with Crippen LogP contribution in [0.2, 0.25) is 0 Å². The summed E-state index contributed by atoms with van der Waals surface area (Å²) in [6.45, 7) is 2.42. The predicted octanol–water partition coefficient (Wildman–Crippen LogP) is 3.25. The van der Waals surface area contributed by atoms with Crippen LogP contribution in [-0.2, 0) is 16.0 Å². The van der Waals surface area contributed by atoms with Crippen molar-refractivity contribution in [2.24, 2.45) is 17.8 Å². The molecule has 2 amide bonds. The molecule has 2 saturated heterocycles. The summed E-state index contributed by atoms with van der Waals surface area (Å²) in [4.78, 5) is 29.1. The highest BCUT2D eigenvalue weighted by Gasteiger charge is 2.47. The highest BCUT2D eigenvalue weighted by Crippen LogP contribution is 2.35. The number of carbonyl (C=O) groups is 2. The minimum Gasteiger partial charge on any atom is -0.497 e. The zero-order valence-electron chi connectivity index (χ0n) is 16.7. The van der Waals surface area contributed by atoms with E-state index in [9.17, 15) is 9.59 Å². The number of rotatable bonds is 6. The number of ether oxygens (including phenoxy) is 1. The summed E-state index contributed by atoms with van der Waals surface area (Å²) in [6, 6.07) is 8.34. The molecule has 0 unspecified atom stereocenters. The number of hydrogen-bond donors (Lipinski definition) is 0. The van der Waals surface area contributed by atoms with E-state index in [2.05, 4.69) is 17.0 Å². The van der Waals surface area contributed by atoms with E-state index in [1.54, 1.807) is 7.11 Å². The Labute approximate surface area is 167 Å². The number of nitrogens with zero attached hydrogens (tertiary/aromatic N) is 2. The van der Waals surface area contributed by atoms with Crippen molar-refractivity contribution in [3.63, 3.8) is 0 Å². The molecule has 1 aromatic carbocycles. The van der Waals surface area contributed by atoms with Gasteiger partial charge in [-0.3, -0.25) is 19.4 Å². The number of methoxy groups -OCH3 is 1. The van der Waals surface area contributed by atoms with E-state index in [0.717, 1.165) is 56.9 Å². The SMILES string of the molecule is COc1ccc(CCC2CCN(CN3C(=O)[C@H]4CC=CC[C@@H]4C3=O)CC2)cc1. The highest BCUT2D eigenvalue weighted by atomic mass is 16.5. The van der Waals surface area contributed by atoms with E-state index in [-0.39, 0.29) is 23.7 Å². The summed E-state index contributed by atoms with van der Waals surface area (Å²) >= 11 is 0. The number of carbonyl (C=O) groups excluding carboxylic acids is 2. The van der Waals surface area contributed by atoms with Gasteiger partial charge in [-0.1, -0.05) is 24.3 Å². The maximum Gasteiger partial charge on any atom is 0.234 e. The van der Waals surface area contributed by atoms with Gasteiger partial charge in [0, 0.05) is 13.1 Å². The maximum absolute atomic E-state index is 12.6. The Morgan fingerprint density at radius 1 is 0.964 bits per heavy atom. The molecule has 1 aliphatic carbocycles. The molecule has 2 atom stereocenters. The third-order valence-electron chi connectivity index (χ3n) is 6.65. The Morgan fingerprint density at radius 2 is 1.57 bits per heavy atom. The quantitative estimate of drug-likeness (QED) is 0.560. The average molecular weight is 383 g/mol. The summed E-state index contributed by atoms with van der Waals surface area (Å²) in [5, 5.41) is 0. The van der Waals surface area contributed by atoms with Crippen molar-refractivity contribution in [2.45, 2.75) is 38.5 Å². The minimum absolute atomic E-state index is 0.0426. The predicted molar refractivity (Wildman–Crippen MR) is 108 cm³/mol. The number of likely N-dealkylation sites (tertiary alicyclic amines) is 2. The number of allylic oxidation sites excluding steroid dienone is 2. The zero-order chi connectivity index (χ0) is 19.5. The van der Waals surface area contributed by atoms with Crippen molar-refractivity contribution in [2.75, 3.05) is 26.9 Å². The van der Waals surface area contributed by atoms with Crippen molar-refractivity contribution in [3.05, 3.63) is 42.0 Å². The monoisotopic (exact) mass is 382 g/mol. The number of amides is 2. The molecule has 4 rings (SSSR count). The number of benzene rings is 1. The number of piperidine rings is 1. The Balaban J connectivity index is 1.23. The van der Waals surface area contributed by atoms with Crippen LogP contribution in [0.3, 0.4) is 0 Å². The molecule has 2 fully saturated rings. The molecule has 0 radical (unpaired) electrons. The van der Waals surface area contributed by atoms with Gasteiger partial charge < -0.3 is 4.74 Å². The molecule has 0 aromatic heterocycles. The largest absolute Gasteiger partial charge is 0.497 e. The van der Waals surface area contributed by atoms with Gasteiger partial charge in [-0.05, 0) is 62.1 Å². The Bertz CT molecular complexity index is 709. The molecular formula is C23H30N2O3. The van der Waals surface area contributed by atoms with Crippen LogP contribution in [0.15, 0.2) is 36.4 Å². The molecule has 5 heteroatoms. The molecule has 0 saturated carbocycles. The van der Waals surface area contributed by atoms with Gasteiger partial charge in [-0.2, -0.15) is 0 Å². The third kappa shape index (κ3) is 4.00. The molecule has 1 aromatic rings.